The first-order valence-corrected chi connectivity index (χ1v) is 8.98. The Bertz CT molecular complexity index is 787. The van der Waals surface area contributed by atoms with Crippen LogP contribution in [0.3, 0.4) is 0 Å². The number of amides is 3. The van der Waals surface area contributed by atoms with E-state index in [2.05, 4.69) is 10.4 Å². The van der Waals surface area contributed by atoms with Crippen LogP contribution in [-0.2, 0) is 11.2 Å². The molecule has 25 heavy (non-hydrogen) atoms. The van der Waals surface area contributed by atoms with Gasteiger partial charge in [-0.1, -0.05) is 36.9 Å². The maximum atomic E-state index is 12.4. The fourth-order valence-corrected chi connectivity index (χ4v) is 3.42. The van der Waals surface area contributed by atoms with Crippen molar-refractivity contribution < 1.29 is 14.4 Å². The van der Waals surface area contributed by atoms with E-state index < -0.39 is 0 Å². The summed E-state index contributed by atoms with van der Waals surface area (Å²) >= 11 is 0.987. The van der Waals surface area contributed by atoms with Crippen molar-refractivity contribution in [2.45, 2.75) is 13.3 Å². The number of hydrogen-bond donors (Lipinski definition) is 1. The predicted molar refractivity (Wildman–Crippen MR) is 94.8 cm³/mol. The normalized spacial score (nSPS) is 14.2. The molecule has 1 saturated heterocycles. The lowest BCUT2D eigenvalue weighted by molar-refractivity contribution is -0.124. The quantitative estimate of drug-likeness (QED) is 0.852. The van der Waals surface area contributed by atoms with E-state index in [0.29, 0.717) is 12.0 Å². The van der Waals surface area contributed by atoms with E-state index in [1.807, 2.05) is 37.3 Å². The number of carbonyl (C=O) groups is 3. The Morgan fingerprint density at radius 3 is 2.68 bits per heavy atom. The summed E-state index contributed by atoms with van der Waals surface area (Å²) in [7, 11) is 0. The van der Waals surface area contributed by atoms with Crippen LogP contribution in [-0.4, -0.2) is 50.6 Å². The topological polar surface area (TPSA) is 84.3 Å². The Kier molecular flexibility index (Phi) is 5.18. The lowest BCUT2D eigenvalue weighted by atomic mass is 10.2. The van der Waals surface area contributed by atoms with E-state index in [1.165, 1.54) is 4.90 Å². The van der Waals surface area contributed by atoms with E-state index in [4.69, 9.17) is 0 Å². The highest BCUT2D eigenvalue weighted by Gasteiger charge is 2.29. The van der Waals surface area contributed by atoms with Crippen LogP contribution in [0.1, 0.15) is 23.0 Å². The lowest BCUT2D eigenvalue weighted by Crippen LogP contribution is -2.37. The minimum atomic E-state index is -0.259. The molecule has 0 atom stereocenters. The zero-order valence-electron chi connectivity index (χ0n) is 13.8. The van der Waals surface area contributed by atoms with Gasteiger partial charge in [-0.05, 0) is 18.6 Å². The predicted octanol–water partition coefficient (Wildman–Crippen LogP) is 1.86. The number of nitrogens with zero attached hydrogens (tertiary/aromatic N) is 3. The number of imide groups is 1. The standard InChI is InChI=1S/C17H18N4O3S/c1-2-14-13(10-19-21(14)12-6-4-3-5-7-12)16(23)18-8-9-20-15(22)11-25-17(20)24/h3-7,10H,2,8-9,11H2,1H3,(H,18,23). The van der Waals surface area contributed by atoms with E-state index in [9.17, 15) is 14.4 Å². The maximum Gasteiger partial charge on any atom is 0.288 e. The van der Waals surface area contributed by atoms with Gasteiger partial charge in [0.2, 0.25) is 5.91 Å². The molecule has 130 valence electrons. The Labute approximate surface area is 149 Å². The van der Waals surface area contributed by atoms with Gasteiger partial charge in [-0.2, -0.15) is 5.10 Å². The number of thioether (sulfide) groups is 1. The molecule has 0 bridgehead atoms. The molecule has 0 saturated carbocycles. The molecular formula is C17H18N4O3S. The van der Waals surface area contributed by atoms with Gasteiger partial charge in [0.05, 0.1) is 28.9 Å². The van der Waals surface area contributed by atoms with Gasteiger partial charge in [-0.15, -0.1) is 0 Å². The smallest absolute Gasteiger partial charge is 0.288 e. The van der Waals surface area contributed by atoms with Gasteiger partial charge in [0.15, 0.2) is 0 Å². The molecule has 7 nitrogen and oxygen atoms in total. The zero-order valence-corrected chi connectivity index (χ0v) is 14.6. The van der Waals surface area contributed by atoms with Crippen LogP contribution < -0.4 is 5.32 Å². The van der Waals surface area contributed by atoms with Crippen LogP contribution in [0.15, 0.2) is 36.5 Å². The van der Waals surface area contributed by atoms with Gasteiger partial charge in [0.1, 0.15) is 0 Å². The van der Waals surface area contributed by atoms with E-state index in [-0.39, 0.29) is 35.9 Å². The summed E-state index contributed by atoms with van der Waals surface area (Å²) in [4.78, 5) is 36.7. The molecule has 1 aromatic carbocycles. The molecule has 2 aromatic rings. The van der Waals surface area contributed by atoms with Crippen LogP contribution >= 0.6 is 11.8 Å². The summed E-state index contributed by atoms with van der Waals surface area (Å²) in [5.41, 5.74) is 2.20. The van der Waals surface area contributed by atoms with Crippen molar-refractivity contribution in [3.05, 3.63) is 47.8 Å². The molecule has 3 rings (SSSR count). The third kappa shape index (κ3) is 3.58. The average molecular weight is 358 g/mol. The summed E-state index contributed by atoms with van der Waals surface area (Å²) in [5, 5.41) is 6.82. The Morgan fingerprint density at radius 1 is 1.28 bits per heavy atom. The van der Waals surface area contributed by atoms with Crippen molar-refractivity contribution in [1.29, 1.82) is 0 Å². The zero-order chi connectivity index (χ0) is 17.8. The number of aromatic nitrogens is 2. The molecule has 0 aliphatic carbocycles. The van der Waals surface area contributed by atoms with Gasteiger partial charge in [0, 0.05) is 13.1 Å². The summed E-state index contributed by atoms with van der Waals surface area (Å²) in [6.45, 7) is 2.37. The lowest BCUT2D eigenvalue weighted by Gasteiger charge is -2.13. The van der Waals surface area contributed by atoms with Crippen molar-refractivity contribution in [3.63, 3.8) is 0 Å². The van der Waals surface area contributed by atoms with Crippen molar-refractivity contribution in [1.82, 2.24) is 20.0 Å². The van der Waals surface area contributed by atoms with Crippen molar-refractivity contribution in [3.8, 4) is 5.69 Å². The molecule has 1 aliphatic heterocycles. The third-order valence-electron chi connectivity index (χ3n) is 3.91. The summed E-state index contributed by atoms with van der Waals surface area (Å²) in [5.74, 6) is -0.294. The molecule has 1 aliphatic rings. The van der Waals surface area contributed by atoms with Crippen molar-refractivity contribution >= 4 is 28.8 Å². The van der Waals surface area contributed by atoms with Crippen LogP contribution in [0, 0.1) is 0 Å². The molecule has 1 aromatic heterocycles. The fourth-order valence-electron chi connectivity index (χ4n) is 2.67. The maximum absolute atomic E-state index is 12.4. The third-order valence-corrected chi connectivity index (χ3v) is 4.77. The number of para-hydroxylation sites is 1. The second kappa shape index (κ2) is 7.52. The largest absolute Gasteiger partial charge is 0.350 e. The number of hydrogen-bond acceptors (Lipinski definition) is 5. The molecule has 1 N–H and O–H groups in total. The molecule has 0 radical (unpaired) electrons. The van der Waals surface area contributed by atoms with Crippen molar-refractivity contribution in [2.75, 3.05) is 18.8 Å². The average Bonchev–Trinajstić information content (AvgIpc) is 3.20. The molecule has 3 amide bonds. The van der Waals surface area contributed by atoms with Gasteiger partial charge in [-0.3, -0.25) is 19.3 Å². The molecule has 0 unspecified atom stereocenters. The summed E-state index contributed by atoms with van der Waals surface area (Å²) in [6.07, 6.45) is 2.20. The van der Waals surface area contributed by atoms with Gasteiger partial charge >= 0.3 is 0 Å². The number of nitrogens with one attached hydrogen (secondary N) is 1. The summed E-state index contributed by atoms with van der Waals surface area (Å²) < 4.78 is 1.75. The minimum Gasteiger partial charge on any atom is -0.350 e. The highest BCUT2D eigenvalue weighted by molar-refractivity contribution is 8.14. The molecule has 1 fully saturated rings. The first-order valence-electron chi connectivity index (χ1n) is 7.99. The molecule has 2 heterocycles. The van der Waals surface area contributed by atoms with Crippen molar-refractivity contribution in [2.24, 2.45) is 0 Å². The molecule has 0 spiro atoms. The van der Waals surface area contributed by atoms with E-state index in [1.54, 1.807) is 10.9 Å². The SMILES string of the molecule is CCc1c(C(=O)NCCN2C(=O)CSC2=O)cnn1-c1ccccc1. The highest BCUT2D eigenvalue weighted by atomic mass is 32.2. The van der Waals surface area contributed by atoms with Gasteiger partial charge in [0.25, 0.3) is 11.1 Å². The Hall–Kier alpha value is -2.61. The van der Waals surface area contributed by atoms with E-state index >= 15 is 0 Å². The number of rotatable bonds is 6. The summed E-state index contributed by atoms with van der Waals surface area (Å²) in [6, 6.07) is 9.61. The highest BCUT2D eigenvalue weighted by Crippen LogP contribution is 2.18. The van der Waals surface area contributed by atoms with Gasteiger partial charge < -0.3 is 5.32 Å². The van der Waals surface area contributed by atoms with Crippen LogP contribution in [0.2, 0.25) is 0 Å². The fraction of sp³-hybridized carbons (Fsp3) is 0.294. The number of carbonyl (C=O) groups excluding carboxylic acids is 3. The second-order valence-corrected chi connectivity index (χ2v) is 6.39. The first-order chi connectivity index (χ1) is 12.1. The monoisotopic (exact) mass is 358 g/mol. The van der Waals surface area contributed by atoms with Crippen LogP contribution in [0.5, 0.6) is 0 Å². The first kappa shape index (κ1) is 17.2. The molecular weight excluding hydrogens is 340 g/mol. The number of benzene rings is 1. The second-order valence-electron chi connectivity index (χ2n) is 5.46. The van der Waals surface area contributed by atoms with Crippen LogP contribution in [0.25, 0.3) is 5.69 Å². The van der Waals surface area contributed by atoms with Gasteiger partial charge in [-0.25, -0.2) is 4.68 Å². The molecule has 8 heteroatoms. The minimum absolute atomic E-state index is 0.177. The van der Waals surface area contributed by atoms with E-state index in [0.717, 1.165) is 23.1 Å². The van der Waals surface area contributed by atoms with Crippen LogP contribution in [0.4, 0.5) is 4.79 Å². The Balaban J connectivity index is 1.67. The Morgan fingerprint density at radius 2 is 2.04 bits per heavy atom.